The second-order valence-corrected chi connectivity index (χ2v) is 8.36. The van der Waals surface area contributed by atoms with Gasteiger partial charge in [0.1, 0.15) is 10.7 Å². The predicted octanol–water partition coefficient (Wildman–Crippen LogP) is 3.91. The molecule has 2 aromatic carbocycles. The van der Waals surface area contributed by atoms with Crippen molar-refractivity contribution in [1.82, 2.24) is 14.5 Å². The Morgan fingerprint density at radius 1 is 1.00 bits per heavy atom. The standard InChI is InChI=1S/C18H15Cl2N3O3S/c1-11-3-7-14(8-4-11)23-17(20)16(12(2)21-23)18(24)22-27(25,26)15-9-5-13(19)6-10-15/h3-10H,1-2H3,(H,22,24). The third kappa shape index (κ3) is 4.00. The van der Waals surface area contributed by atoms with Crippen molar-refractivity contribution in [2.24, 2.45) is 0 Å². The zero-order valence-electron chi connectivity index (χ0n) is 14.4. The number of amides is 1. The fraction of sp³-hybridized carbons (Fsp3) is 0.111. The summed E-state index contributed by atoms with van der Waals surface area (Å²) < 4.78 is 28.2. The molecule has 0 fully saturated rings. The first-order valence-electron chi connectivity index (χ1n) is 7.84. The van der Waals surface area contributed by atoms with Crippen molar-refractivity contribution in [1.29, 1.82) is 0 Å². The fourth-order valence-corrected chi connectivity index (χ4v) is 3.90. The van der Waals surface area contributed by atoms with Gasteiger partial charge in [0, 0.05) is 5.02 Å². The smallest absolute Gasteiger partial charge is 0.268 e. The summed E-state index contributed by atoms with van der Waals surface area (Å²) in [4.78, 5) is 12.5. The first kappa shape index (κ1) is 19.4. The van der Waals surface area contributed by atoms with E-state index in [0.717, 1.165) is 5.56 Å². The zero-order valence-corrected chi connectivity index (χ0v) is 16.7. The van der Waals surface area contributed by atoms with E-state index in [1.54, 1.807) is 19.1 Å². The summed E-state index contributed by atoms with van der Waals surface area (Å²) in [6.07, 6.45) is 0. The molecule has 1 aromatic heterocycles. The SMILES string of the molecule is Cc1ccc(-n2nc(C)c(C(=O)NS(=O)(=O)c3ccc(Cl)cc3)c2Cl)cc1. The van der Waals surface area contributed by atoms with Crippen LogP contribution in [0.4, 0.5) is 0 Å². The van der Waals surface area contributed by atoms with E-state index in [2.05, 4.69) is 5.10 Å². The Balaban J connectivity index is 1.93. The van der Waals surface area contributed by atoms with E-state index in [4.69, 9.17) is 23.2 Å². The lowest BCUT2D eigenvalue weighted by molar-refractivity contribution is 0.0981. The lowest BCUT2D eigenvalue weighted by Crippen LogP contribution is -2.31. The summed E-state index contributed by atoms with van der Waals surface area (Å²) in [6.45, 7) is 3.53. The van der Waals surface area contributed by atoms with Crippen LogP contribution in [0.2, 0.25) is 10.2 Å². The number of carbonyl (C=O) groups is 1. The summed E-state index contributed by atoms with van der Waals surface area (Å²) in [5.74, 6) is -0.856. The minimum Gasteiger partial charge on any atom is -0.268 e. The molecule has 9 heteroatoms. The largest absolute Gasteiger partial charge is 0.270 e. The molecule has 1 N–H and O–H groups in total. The highest BCUT2D eigenvalue weighted by atomic mass is 35.5. The number of halogens is 2. The van der Waals surface area contributed by atoms with Gasteiger partial charge in [-0.25, -0.2) is 17.8 Å². The Labute approximate surface area is 166 Å². The van der Waals surface area contributed by atoms with Crippen molar-refractivity contribution < 1.29 is 13.2 Å². The van der Waals surface area contributed by atoms with Gasteiger partial charge in [0.15, 0.2) is 0 Å². The summed E-state index contributed by atoms with van der Waals surface area (Å²) in [6, 6.07) is 12.8. The summed E-state index contributed by atoms with van der Waals surface area (Å²) >= 11 is 12.1. The molecule has 3 rings (SSSR count). The van der Waals surface area contributed by atoms with Crippen LogP contribution in [0.15, 0.2) is 53.4 Å². The minimum absolute atomic E-state index is 0.00483. The van der Waals surface area contributed by atoms with E-state index in [1.165, 1.54) is 28.9 Å². The minimum atomic E-state index is -4.07. The van der Waals surface area contributed by atoms with Gasteiger partial charge in [-0.1, -0.05) is 40.9 Å². The van der Waals surface area contributed by atoms with Crippen molar-refractivity contribution in [3.63, 3.8) is 0 Å². The number of aromatic nitrogens is 2. The number of carbonyl (C=O) groups excluding carboxylic acids is 1. The molecule has 0 saturated carbocycles. The first-order valence-corrected chi connectivity index (χ1v) is 10.1. The third-order valence-electron chi connectivity index (χ3n) is 3.86. The van der Waals surface area contributed by atoms with Crippen LogP contribution < -0.4 is 4.72 Å². The van der Waals surface area contributed by atoms with Crippen LogP contribution in [0.5, 0.6) is 0 Å². The molecule has 0 atom stereocenters. The van der Waals surface area contributed by atoms with E-state index in [9.17, 15) is 13.2 Å². The van der Waals surface area contributed by atoms with E-state index in [0.29, 0.717) is 16.4 Å². The van der Waals surface area contributed by atoms with Crippen molar-refractivity contribution in [3.8, 4) is 5.69 Å². The third-order valence-corrected chi connectivity index (χ3v) is 5.81. The molecule has 0 aliphatic heterocycles. The average Bonchev–Trinajstić information content (AvgIpc) is 2.90. The highest BCUT2D eigenvalue weighted by Crippen LogP contribution is 2.24. The number of hydrogen-bond acceptors (Lipinski definition) is 4. The van der Waals surface area contributed by atoms with Crippen LogP contribution in [0.3, 0.4) is 0 Å². The van der Waals surface area contributed by atoms with Gasteiger partial charge in [-0.15, -0.1) is 0 Å². The van der Waals surface area contributed by atoms with Gasteiger partial charge in [0.25, 0.3) is 15.9 Å². The van der Waals surface area contributed by atoms with Crippen LogP contribution in [-0.4, -0.2) is 24.1 Å². The Hall–Kier alpha value is -2.35. The molecule has 0 radical (unpaired) electrons. The maximum absolute atomic E-state index is 12.6. The normalized spacial score (nSPS) is 11.4. The maximum Gasteiger partial charge on any atom is 0.270 e. The van der Waals surface area contributed by atoms with Gasteiger partial charge in [0.05, 0.1) is 16.3 Å². The number of hydrogen-bond donors (Lipinski definition) is 1. The average molecular weight is 424 g/mol. The van der Waals surface area contributed by atoms with Crippen molar-refractivity contribution >= 4 is 39.1 Å². The van der Waals surface area contributed by atoms with E-state index in [-0.39, 0.29) is 15.6 Å². The molecule has 1 amide bonds. The molecule has 140 valence electrons. The second kappa shape index (κ2) is 7.34. The van der Waals surface area contributed by atoms with Crippen molar-refractivity contribution in [2.45, 2.75) is 18.7 Å². The lowest BCUT2D eigenvalue weighted by atomic mass is 10.2. The summed E-state index contributed by atoms with van der Waals surface area (Å²) in [5, 5.41) is 4.67. The molecule has 3 aromatic rings. The molecular formula is C18H15Cl2N3O3S. The van der Waals surface area contributed by atoms with Crippen LogP contribution in [0, 0.1) is 13.8 Å². The van der Waals surface area contributed by atoms with E-state index in [1.807, 2.05) is 23.8 Å². The highest BCUT2D eigenvalue weighted by molar-refractivity contribution is 7.90. The number of aryl methyl sites for hydroxylation is 2. The van der Waals surface area contributed by atoms with Gasteiger partial charge in [-0.3, -0.25) is 4.79 Å². The monoisotopic (exact) mass is 423 g/mol. The number of rotatable bonds is 4. The molecular weight excluding hydrogens is 409 g/mol. The Kier molecular flexibility index (Phi) is 5.28. The lowest BCUT2D eigenvalue weighted by Gasteiger charge is -2.07. The highest BCUT2D eigenvalue weighted by Gasteiger charge is 2.25. The molecule has 0 aliphatic carbocycles. The van der Waals surface area contributed by atoms with Crippen molar-refractivity contribution in [2.75, 3.05) is 0 Å². The van der Waals surface area contributed by atoms with Crippen molar-refractivity contribution in [3.05, 3.63) is 75.5 Å². The number of sulfonamides is 1. The van der Waals surface area contributed by atoms with Crippen LogP contribution >= 0.6 is 23.2 Å². The maximum atomic E-state index is 12.6. The first-order chi connectivity index (χ1) is 12.7. The van der Waals surface area contributed by atoms with Gasteiger partial charge in [-0.2, -0.15) is 5.10 Å². The summed E-state index contributed by atoms with van der Waals surface area (Å²) in [5.41, 5.74) is 2.03. The van der Waals surface area contributed by atoms with Gasteiger partial charge in [0.2, 0.25) is 0 Å². The molecule has 0 saturated heterocycles. The van der Waals surface area contributed by atoms with Crippen LogP contribution in [0.1, 0.15) is 21.6 Å². The quantitative estimate of drug-likeness (QED) is 0.689. The molecule has 1 heterocycles. The van der Waals surface area contributed by atoms with E-state index >= 15 is 0 Å². The molecule has 0 bridgehead atoms. The Morgan fingerprint density at radius 2 is 1.59 bits per heavy atom. The Morgan fingerprint density at radius 3 is 2.19 bits per heavy atom. The predicted molar refractivity (Wildman–Crippen MR) is 104 cm³/mol. The zero-order chi connectivity index (χ0) is 19.8. The van der Waals surface area contributed by atoms with Gasteiger partial charge >= 0.3 is 0 Å². The second-order valence-electron chi connectivity index (χ2n) is 5.89. The molecule has 0 unspecified atom stereocenters. The van der Waals surface area contributed by atoms with Crippen LogP contribution in [0.25, 0.3) is 5.69 Å². The molecule has 0 spiro atoms. The van der Waals surface area contributed by atoms with E-state index < -0.39 is 15.9 Å². The summed E-state index contributed by atoms with van der Waals surface area (Å²) in [7, 11) is -4.07. The van der Waals surface area contributed by atoms with Gasteiger partial charge in [-0.05, 0) is 50.2 Å². The molecule has 27 heavy (non-hydrogen) atoms. The van der Waals surface area contributed by atoms with Crippen LogP contribution in [-0.2, 0) is 10.0 Å². The number of nitrogens with one attached hydrogen (secondary N) is 1. The topological polar surface area (TPSA) is 81.1 Å². The molecule has 0 aliphatic rings. The number of nitrogens with zero attached hydrogens (tertiary/aromatic N) is 2. The van der Waals surface area contributed by atoms with Gasteiger partial charge < -0.3 is 0 Å². The fourth-order valence-electron chi connectivity index (χ4n) is 2.46. The molecule has 6 nitrogen and oxygen atoms in total. The number of benzene rings is 2. The Bertz CT molecular complexity index is 1110.